The monoisotopic (exact) mass is 838 g/mol. The lowest BCUT2D eigenvalue weighted by atomic mass is 10.0. The van der Waals surface area contributed by atoms with Gasteiger partial charge in [-0.25, -0.2) is 0 Å². The van der Waals surface area contributed by atoms with E-state index in [1.807, 2.05) is 24.3 Å². The lowest BCUT2D eigenvalue weighted by molar-refractivity contribution is -0.151. The molecule has 0 aromatic rings. The summed E-state index contributed by atoms with van der Waals surface area (Å²) in [6, 6.07) is -0.716. The smallest absolute Gasteiger partial charge is 0.306 e. The predicted molar refractivity (Wildman–Crippen MR) is 259 cm³/mol. The zero-order valence-corrected chi connectivity index (χ0v) is 39.3. The Morgan fingerprint density at radius 2 is 0.967 bits per heavy atom. The molecule has 0 spiro atoms. The van der Waals surface area contributed by atoms with Crippen molar-refractivity contribution in [2.24, 2.45) is 0 Å². The minimum absolute atomic E-state index is 0.0471. The van der Waals surface area contributed by atoms with E-state index in [2.05, 4.69) is 74.7 Å². The highest BCUT2D eigenvalue weighted by Gasteiger charge is 2.24. The van der Waals surface area contributed by atoms with Crippen LogP contribution in [0.15, 0.2) is 72.9 Å². The van der Waals surface area contributed by atoms with Gasteiger partial charge < -0.3 is 20.3 Å². The van der Waals surface area contributed by atoms with Gasteiger partial charge in [-0.15, -0.1) is 0 Å². The second kappa shape index (κ2) is 47.4. The van der Waals surface area contributed by atoms with Gasteiger partial charge in [0.05, 0.1) is 25.2 Å². The molecule has 3 unspecified atom stereocenters. The Morgan fingerprint density at radius 1 is 0.517 bits per heavy atom. The van der Waals surface area contributed by atoms with Crippen LogP contribution in [0.2, 0.25) is 0 Å². The molecule has 0 aliphatic carbocycles. The van der Waals surface area contributed by atoms with Gasteiger partial charge >= 0.3 is 5.97 Å². The number of aliphatic hydroxyl groups excluding tert-OH is 2. The molecule has 6 heteroatoms. The topological polar surface area (TPSA) is 95.9 Å². The standard InChI is InChI=1S/C54H95NO5/c1-4-7-10-13-16-19-21-23-24-25-26-27-28-30-32-35-38-41-44-47-54(59)60-50(45-42-39-36-34-31-29-22-20-17-14-11-8-5-2)48-53(58)55-51(49-56)52(57)46-43-40-37-33-18-15-12-9-6-3/h8,11,14,16-17,19-20,22-24,29,31,50-52,56-57H,4-7,9-10,12-13,15,18,21,25-28,30,32-49H2,1-3H3,(H,55,58)/b11-8+,17-14+,19-16-,22-20+,24-23-,31-29-. The molecule has 0 aliphatic heterocycles. The van der Waals surface area contributed by atoms with Crippen molar-refractivity contribution in [3.8, 4) is 0 Å². The van der Waals surface area contributed by atoms with Crippen molar-refractivity contribution in [2.75, 3.05) is 6.61 Å². The van der Waals surface area contributed by atoms with Crippen molar-refractivity contribution in [3.63, 3.8) is 0 Å². The van der Waals surface area contributed by atoms with Crippen molar-refractivity contribution in [2.45, 2.75) is 251 Å². The molecule has 0 radical (unpaired) electrons. The zero-order chi connectivity index (χ0) is 43.8. The highest BCUT2D eigenvalue weighted by Crippen LogP contribution is 2.17. The Kier molecular flexibility index (Phi) is 45.2. The van der Waals surface area contributed by atoms with Crippen LogP contribution in [0.1, 0.15) is 233 Å². The molecule has 0 fully saturated rings. The maximum absolute atomic E-state index is 13.2. The van der Waals surface area contributed by atoms with E-state index in [-0.39, 0.29) is 24.9 Å². The third-order valence-electron chi connectivity index (χ3n) is 11.1. The van der Waals surface area contributed by atoms with Crippen LogP contribution in [-0.4, -0.2) is 46.9 Å². The van der Waals surface area contributed by atoms with Crippen LogP contribution in [0.25, 0.3) is 0 Å². The molecule has 0 bridgehead atoms. The molecule has 0 aliphatic rings. The summed E-state index contributed by atoms with van der Waals surface area (Å²) in [6.45, 7) is 6.28. The largest absolute Gasteiger partial charge is 0.462 e. The Labute approximate surface area is 371 Å². The first-order chi connectivity index (χ1) is 29.5. The van der Waals surface area contributed by atoms with E-state index < -0.39 is 18.2 Å². The Balaban J connectivity index is 4.58. The molecule has 6 nitrogen and oxygen atoms in total. The molecule has 0 rings (SSSR count). The molecule has 0 aromatic heterocycles. The van der Waals surface area contributed by atoms with E-state index in [4.69, 9.17) is 4.74 Å². The van der Waals surface area contributed by atoms with Gasteiger partial charge in [0.2, 0.25) is 5.91 Å². The molecule has 0 saturated carbocycles. The number of amides is 1. The fourth-order valence-electron chi connectivity index (χ4n) is 7.29. The van der Waals surface area contributed by atoms with Gasteiger partial charge in [-0.05, 0) is 77.0 Å². The summed E-state index contributed by atoms with van der Waals surface area (Å²) in [5.41, 5.74) is 0. The number of rotatable bonds is 44. The summed E-state index contributed by atoms with van der Waals surface area (Å²) in [5.74, 6) is -0.521. The number of ether oxygens (including phenoxy) is 1. The van der Waals surface area contributed by atoms with E-state index in [0.717, 1.165) is 77.0 Å². The first kappa shape index (κ1) is 57.3. The van der Waals surface area contributed by atoms with Crippen molar-refractivity contribution < 1.29 is 24.5 Å². The van der Waals surface area contributed by atoms with E-state index in [0.29, 0.717) is 19.3 Å². The number of carbonyl (C=O) groups is 2. The summed E-state index contributed by atoms with van der Waals surface area (Å²) < 4.78 is 5.91. The van der Waals surface area contributed by atoms with Crippen LogP contribution < -0.4 is 5.32 Å². The van der Waals surface area contributed by atoms with E-state index >= 15 is 0 Å². The summed E-state index contributed by atoms with van der Waals surface area (Å²) in [4.78, 5) is 26.1. The van der Waals surface area contributed by atoms with Gasteiger partial charge in [0.25, 0.3) is 0 Å². The van der Waals surface area contributed by atoms with Crippen LogP contribution >= 0.6 is 0 Å². The Hall–Kier alpha value is -2.70. The van der Waals surface area contributed by atoms with Crippen molar-refractivity contribution >= 4 is 11.9 Å². The number of unbranched alkanes of at least 4 members (excludes halogenated alkanes) is 23. The van der Waals surface area contributed by atoms with Gasteiger partial charge in [0, 0.05) is 6.42 Å². The third-order valence-corrected chi connectivity index (χ3v) is 11.1. The van der Waals surface area contributed by atoms with Crippen molar-refractivity contribution in [1.82, 2.24) is 5.32 Å². The number of nitrogens with one attached hydrogen (secondary N) is 1. The number of allylic oxidation sites excluding steroid dienone is 12. The molecule has 60 heavy (non-hydrogen) atoms. The summed E-state index contributed by atoms with van der Waals surface area (Å²) in [6.07, 6.45) is 59.7. The normalized spacial score (nSPS) is 13.9. The molecule has 1 amide bonds. The Bertz CT molecular complexity index is 1120. The maximum atomic E-state index is 13.2. The van der Waals surface area contributed by atoms with Gasteiger partial charge in [-0.2, -0.15) is 0 Å². The van der Waals surface area contributed by atoms with Crippen molar-refractivity contribution in [1.29, 1.82) is 0 Å². The summed E-state index contributed by atoms with van der Waals surface area (Å²) in [5, 5.41) is 23.6. The van der Waals surface area contributed by atoms with E-state index in [1.54, 1.807) is 0 Å². The summed E-state index contributed by atoms with van der Waals surface area (Å²) >= 11 is 0. The quantitative estimate of drug-likeness (QED) is 0.0246. The van der Waals surface area contributed by atoms with Gasteiger partial charge in [0.15, 0.2) is 0 Å². The molecule has 346 valence electrons. The maximum Gasteiger partial charge on any atom is 0.306 e. The minimum atomic E-state index is -0.800. The highest BCUT2D eigenvalue weighted by molar-refractivity contribution is 5.77. The van der Waals surface area contributed by atoms with Crippen LogP contribution in [0.3, 0.4) is 0 Å². The molecule has 3 atom stereocenters. The second-order valence-electron chi connectivity index (χ2n) is 16.9. The Morgan fingerprint density at radius 3 is 1.55 bits per heavy atom. The first-order valence-corrected chi connectivity index (χ1v) is 25.2. The predicted octanol–water partition coefficient (Wildman–Crippen LogP) is 15.0. The van der Waals surface area contributed by atoms with Crippen molar-refractivity contribution in [3.05, 3.63) is 72.9 Å². The highest BCUT2D eigenvalue weighted by atomic mass is 16.5. The van der Waals surface area contributed by atoms with E-state index in [1.165, 1.54) is 109 Å². The number of esters is 1. The number of aliphatic hydroxyl groups is 2. The molecular formula is C54H95NO5. The second-order valence-corrected chi connectivity index (χ2v) is 16.9. The number of hydrogen-bond acceptors (Lipinski definition) is 5. The fraction of sp³-hybridized carbons (Fsp3) is 0.741. The molecule has 0 heterocycles. The van der Waals surface area contributed by atoms with Gasteiger partial charge in [-0.1, -0.05) is 216 Å². The lowest BCUT2D eigenvalue weighted by Gasteiger charge is -2.24. The molecule has 0 saturated heterocycles. The first-order valence-electron chi connectivity index (χ1n) is 25.2. The number of hydrogen-bond donors (Lipinski definition) is 3. The number of carbonyl (C=O) groups excluding carboxylic acids is 2. The van der Waals surface area contributed by atoms with Crippen LogP contribution in [0.5, 0.6) is 0 Å². The third kappa shape index (κ3) is 42.0. The van der Waals surface area contributed by atoms with Crippen LogP contribution in [-0.2, 0) is 14.3 Å². The van der Waals surface area contributed by atoms with Crippen LogP contribution in [0.4, 0.5) is 0 Å². The molecule has 0 aromatic carbocycles. The van der Waals surface area contributed by atoms with E-state index in [9.17, 15) is 19.8 Å². The van der Waals surface area contributed by atoms with Gasteiger partial charge in [-0.3, -0.25) is 9.59 Å². The van der Waals surface area contributed by atoms with Crippen LogP contribution in [0, 0.1) is 0 Å². The SMILES string of the molecule is CC/C=C/C=C/C=C/C=C\CCCCCC(CC(=O)NC(CO)C(O)CCCCCCCCCCC)OC(=O)CCCCCCCCCCC/C=C\C/C=C\CCCCC. The minimum Gasteiger partial charge on any atom is -0.462 e. The molecular weight excluding hydrogens is 743 g/mol. The lowest BCUT2D eigenvalue weighted by Crippen LogP contribution is -2.46. The average Bonchev–Trinajstić information content (AvgIpc) is 3.24. The molecule has 3 N–H and O–H groups in total. The zero-order valence-electron chi connectivity index (χ0n) is 39.3. The average molecular weight is 838 g/mol. The fourth-order valence-corrected chi connectivity index (χ4v) is 7.29. The van der Waals surface area contributed by atoms with Gasteiger partial charge in [0.1, 0.15) is 6.10 Å². The summed E-state index contributed by atoms with van der Waals surface area (Å²) in [7, 11) is 0.